The first kappa shape index (κ1) is 17.4. The van der Waals surface area contributed by atoms with Gasteiger partial charge in [-0.05, 0) is 55.5 Å². The average molecular weight is 335 g/mol. The standard InChI is InChI=1S/C17H15F2NO4/c1-11(17(22)20-14-6-2-12(18)3-7-14)24-16(21)10-23-15-8-4-13(19)5-9-15/h2-9,11H,10H2,1H3,(H,20,22)/t11-/m1/s1. The van der Waals surface area contributed by atoms with Crippen molar-refractivity contribution in [3.05, 3.63) is 60.2 Å². The van der Waals surface area contributed by atoms with Crippen LogP contribution in [0.4, 0.5) is 14.5 Å². The van der Waals surface area contributed by atoms with E-state index in [-0.39, 0.29) is 0 Å². The van der Waals surface area contributed by atoms with Crippen molar-refractivity contribution in [2.75, 3.05) is 11.9 Å². The van der Waals surface area contributed by atoms with Gasteiger partial charge in [0.25, 0.3) is 5.91 Å². The summed E-state index contributed by atoms with van der Waals surface area (Å²) in [5.41, 5.74) is 0.381. The smallest absolute Gasteiger partial charge is 0.344 e. The van der Waals surface area contributed by atoms with Crippen LogP contribution < -0.4 is 10.1 Å². The van der Waals surface area contributed by atoms with E-state index < -0.39 is 36.2 Å². The van der Waals surface area contributed by atoms with Crippen molar-refractivity contribution >= 4 is 17.6 Å². The normalized spacial score (nSPS) is 11.5. The molecule has 24 heavy (non-hydrogen) atoms. The van der Waals surface area contributed by atoms with E-state index >= 15 is 0 Å². The third-order valence-electron chi connectivity index (χ3n) is 2.96. The van der Waals surface area contributed by atoms with Gasteiger partial charge >= 0.3 is 5.97 Å². The second-order valence-electron chi connectivity index (χ2n) is 4.87. The summed E-state index contributed by atoms with van der Waals surface area (Å²) in [5.74, 6) is -1.85. The SMILES string of the molecule is C[C@@H](OC(=O)COc1ccc(F)cc1)C(=O)Nc1ccc(F)cc1. The van der Waals surface area contributed by atoms with Crippen LogP contribution in [0, 0.1) is 11.6 Å². The Labute approximate surface area is 137 Å². The number of benzene rings is 2. The molecule has 0 aliphatic heterocycles. The number of ether oxygens (including phenoxy) is 2. The van der Waals surface area contributed by atoms with E-state index in [0.29, 0.717) is 11.4 Å². The lowest BCUT2D eigenvalue weighted by Gasteiger charge is -2.14. The number of carbonyl (C=O) groups is 2. The minimum Gasteiger partial charge on any atom is -0.482 e. The molecule has 0 radical (unpaired) electrons. The van der Waals surface area contributed by atoms with Crippen LogP contribution in [0.3, 0.4) is 0 Å². The largest absolute Gasteiger partial charge is 0.482 e. The van der Waals surface area contributed by atoms with Crippen LogP contribution in [0.15, 0.2) is 48.5 Å². The third-order valence-corrected chi connectivity index (χ3v) is 2.96. The van der Waals surface area contributed by atoms with Gasteiger partial charge in [-0.2, -0.15) is 0 Å². The predicted molar refractivity (Wildman–Crippen MR) is 82.5 cm³/mol. The summed E-state index contributed by atoms with van der Waals surface area (Å²) < 4.78 is 35.6. The first-order valence-corrected chi connectivity index (χ1v) is 7.08. The summed E-state index contributed by atoms with van der Waals surface area (Å²) in [7, 11) is 0. The quantitative estimate of drug-likeness (QED) is 0.825. The lowest BCUT2D eigenvalue weighted by atomic mass is 10.3. The van der Waals surface area contributed by atoms with E-state index in [1.165, 1.54) is 55.5 Å². The highest BCUT2D eigenvalue weighted by molar-refractivity contribution is 5.95. The molecule has 1 atom stereocenters. The van der Waals surface area contributed by atoms with Gasteiger partial charge in [-0.3, -0.25) is 4.79 Å². The highest BCUT2D eigenvalue weighted by Crippen LogP contribution is 2.12. The molecule has 7 heteroatoms. The van der Waals surface area contributed by atoms with Crippen molar-refractivity contribution in [2.45, 2.75) is 13.0 Å². The van der Waals surface area contributed by atoms with Gasteiger partial charge < -0.3 is 14.8 Å². The van der Waals surface area contributed by atoms with E-state index in [0.717, 1.165) is 0 Å². The molecule has 0 unspecified atom stereocenters. The van der Waals surface area contributed by atoms with E-state index in [9.17, 15) is 18.4 Å². The first-order chi connectivity index (χ1) is 11.4. The summed E-state index contributed by atoms with van der Waals surface area (Å²) in [6.45, 7) is 0.981. The molecule has 5 nitrogen and oxygen atoms in total. The summed E-state index contributed by atoms with van der Waals surface area (Å²) in [6, 6.07) is 10.3. The molecule has 0 spiro atoms. The fourth-order valence-electron chi connectivity index (χ4n) is 1.73. The van der Waals surface area contributed by atoms with Crippen molar-refractivity contribution in [2.24, 2.45) is 0 Å². The highest BCUT2D eigenvalue weighted by atomic mass is 19.1. The Morgan fingerprint density at radius 2 is 1.54 bits per heavy atom. The number of esters is 1. The Morgan fingerprint density at radius 3 is 2.12 bits per heavy atom. The average Bonchev–Trinajstić information content (AvgIpc) is 2.56. The zero-order valence-corrected chi connectivity index (χ0v) is 12.8. The van der Waals surface area contributed by atoms with Crippen molar-refractivity contribution < 1.29 is 27.8 Å². The molecule has 0 fully saturated rings. The number of hydrogen-bond acceptors (Lipinski definition) is 4. The summed E-state index contributed by atoms with van der Waals surface area (Å²) in [6.07, 6.45) is -1.06. The lowest BCUT2D eigenvalue weighted by Crippen LogP contribution is -2.31. The van der Waals surface area contributed by atoms with Gasteiger partial charge in [-0.25, -0.2) is 13.6 Å². The van der Waals surface area contributed by atoms with Crippen LogP contribution in [-0.4, -0.2) is 24.6 Å². The molecular weight excluding hydrogens is 320 g/mol. The zero-order valence-electron chi connectivity index (χ0n) is 12.8. The second kappa shape index (κ2) is 8.05. The van der Waals surface area contributed by atoms with Gasteiger partial charge in [0.2, 0.25) is 0 Å². The molecule has 2 aromatic carbocycles. The fourth-order valence-corrected chi connectivity index (χ4v) is 1.73. The molecule has 0 heterocycles. The van der Waals surface area contributed by atoms with Crippen molar-refractivity contribution in [1.29, 1.82) is 0 Å². The van der Waals surface area contributed by atoms with Crippen LogP contribution in [0.2, 0.25) is 0 Å². The molecule has 126 valence electrons. The van der Waals surface area contributed by atoms with Crippen molar-refractivity contribution in [1.82, 2.24) is 0 Å². The summed E-state index contributed by atoms with van der Waals surface area (Å²) in [5, 5.41) is 2.49. The molecule has 0 aliphatic rings. The number of carbonyl (C=O) groups excluding carboxylic acids is 2. The zero-order chi connectivity index (χ0) is 17.5. The first-order valence-electron chi connectivity index (χ1n) is 7.08. The summed E-state index contributed by atoms with van der Waals surface area (Å²) in [4.78, 5) is 23.5. The molecule has 0 aliphatic carbocycles. The summed E-state index contributed by atoms with van der Waals surface area (Å²) >= 11 is 0. The number of anilines is 1. The van der Waals surface area contributed by atoms with Crippen LogP contribution in [0.1, 0.15) is 6.92 Å². The van der Waals surface area contributed by atoms with Crippen LogP contribution in [0.25, 0.3) is 0 Å². The van der Waals surface area contributed by atoms with Gasteiger partial charge in [0.05, 0.1) is 0 Å². The Balaban J connectivity index is 1.78. The molecule has 0 saturated carbocycles. The Morgan fingerprint density at radius 1 is 1.00 bits per heavy atom. The van der Waals surface area contributed by atoms with Crippen molar-refractivity contribution in [3.8, 4) is 5.75 Å². The fraction of sp³-hybridized carbons (Fsp3) is 0.176. The van der Waals surface area contributed by atoms with E-state index in [1.807, 2.05) is 0 Å². The van der Waals surface area contributed by atoms with Crippen LogP contribution in [0.5, 0.6) is 5.75 Å². The monoisotopic (exact) mass is 335 g/mol. The lowest BCUT2D eigenvalue weighted by molar-refractivity contribution is -0.155. The Bertz CT molecular complexity index is 702. The molecule has 2 rings (SSSR count). The maximum atomic E-state index is 12.8. The minimum absolute atomic E-state index is 0.303. The Kier molecular flexibility index (Phi) is 5.83. The molecule has 1 N–H and O–H groups in total. The highest BCUT2D eigenvalue weighted by Gasteiger charge is 2.18. The molecule has 2 aromatic rings. The van der Waals surface area contributed by atoms with Gasteiger partial charge in [-0.1, -0.05) is 0 Å². The number of nitrogens with one attached hydrogen (secondary N) is 1. The van der Waals surface area contributed by atoms with Crippen molar-refractivity contribution in [3.63, 3.8) is 0 Å². The van der Waals surface area contributed by atoms with E-state index in [2.05, 4.69) is 5.32 Å². The molecule has 0 bridgehead atoms. The maximum Gasteiger partial charge on any atom is 0.344 e. The van der Waals surface area contributed by atoms with Gasteiger partial charge in [0.1, 0.15) is 17.4 Å². The minimum atomic E-state index is -1.06. The van der Waals surface area contributed by atoms with Crippen LogP contribution in [-0.2, 0) is 14.3 Å². The maximum absolute atomic E-state index is 12.8. The van der Waals surface area contributed by atoms with Gasteiger partial charge in [0, 0.05) is 5.69 Å². The van der Waals surface area contributed by atoms with E-state index in [1.54, 1.807) is 0 Å². The van der Waals surface area contributed by atoms with E-state index in [4.69, 9.17) is 9.47 Å². The molecule has 1 amide bonds. The topological polar surface area (TPSA) is 64.6 Å². The second-order valence-corrected chi connectivity index (χ2v) is 4.87. The molecular formula is C17H15F2NO4. The Hall–Kier alpha value is -2.96. The number of amides is 1. The van der Waals surface area contributed by atoms with Gasteiger partial charge in [-0.15, -0.1) is 0 Å². The predicted octanol–water partition coefficient (Wildman–Crippen LogP) is 2.91. The number of halogens is 2. The van der Waals surface area contributed by atoms with Crippen LogP contribution >= 0.6 is 0 Å². The third kappa shape index (κ3) is 5.35. The molecule has 0 aromatic heterocycles. The number of rotatable bonds is 6. The molecule has 0 saturated heterocycles. The number of hydrogen-bond donors (Lipinski definition) is 1. The van der Waals surface area contributed by atoms with Gasteiger partial charge in [0.15, 0.2) is 12.7 Å².